The number of anilines is 1. The van der Waals surface area contributed by atoms with E-state index in [9.17, 15) is 4.79 Å². The van der Waals surface area contributed by atoms with Crippen LogP contribution in [0.2, 0.25) is 0 Å². The molecule has 80 valence electrons. The van der Waals surface area contributed by atoms with Crippen molar-refractivity contribution in [3.05, 3.63) is 29.3 Å². The van der Waals surface area contributed by atoms with Crippen LogP contribution >= 0.6 is 0 Å². The monoisotopic (exact) mass is 203 g/mol. The molecule has 0 saturated heterocycles. The molecule has 1 aromatic carbocycles. The molecule has 2 N–H and O–H groups in total. The Hall–Kier alpha value is -1.31. The number of rotatable bonds is 2. The molecule has 0 spiro atoms. The second-order valence-corrected chi connectivity index (χ2v) is 4.42. The number of nitrogens with two attached hydrogens (primary N) is 1. The third-order valence-electron chi connectivity index (χ3n) is 3.29. The quantitative estimate of drug-likeness (QED) is 0.593. The second-order valence-electron chi connectivity index (χ2n) is 4.42. The molecule has 1 aliphatic rings. The van der Waals surface area contributed by atoms with Crippen molar-refractivity contribution in [1.29, 1.82) is 0 Å². The van der Waals surface area contributed by atoms with Gasteiger partial charge < -0.3 is 5.73 Å². The standard InChI is InChI=1S/C13H17NO/c1-9-6-7-11(8-12(9)14)13(15)10-4-2-3-5-10/h6-8,10H,2-5,14H2,1H3. The summed E-state index contributed by atoms with van der Waals surface area (Å²) in [5, 5.41) is 0. The highest BCUT2D eigenvalue weighted by molar-refractivity contribution is 5.98. The summed E-state index contributed by atoms with van der Waals surface area (Å²) in [7, 11) is 0. The number of carbonyl (C=O) groups excluding carboxylic acids is 1. The third-order valence-corrected chi connectivity index (χ3v) is 3.29. The summed E-state index contributed by atoms with van der Waals surface area (Å²) in [6.07, 6.45) is 4.48. The molecule has 0 radical (unpaired) electrons. The predicted octanol–water partition coefficient (Wildman–Crippen LogP) is 2.95. The minimum Gasteiger partial charge on any atom is -0.398 e. The number of hydrogen-bond acceptors (Lipinski definition) is 2. The van der Waals surface area contributed by atoms with Gasteiger partial charge in [0.2, 0.25) is 0 Å². The number of ketones is 1. The number of Topliss-reactive ketones (excluding diaryl/α,β-unsaturated/α-hetero) is 1. The van der Waals surface area contributed by atoms with Gasteiger partial charge in [-0.05, 0) is 31.4 Å². The summed E-state index contributed by atoms with van der Waals surface area (Å²) in [6.45, 7) is 1.96. The van der Waals surface area contributed by atoms with Gasteiger partial charge in [0.25, 0.3) is 0 Å². The van der Waals surface area contributed by atoms with E-state index in [0.29, 0.717) is 0 Å². The van der Waals surface area contributed by atoms with Crippen molar-refractivity contribution in [2.45, 2.75) is 32.6 Å². The third kappa shape index (κ3) is 2.04. The highest BCUT2D eigenvalue weighted by Gasteiger charge is 2.23. The number of carbonyl (C=O) groups is 1. The van der Waals surface area contributed by atoms with E-state index in [0.717, 1.165) is 29.7 Å². The van der Waals surface area contributed by atoms with Gasteiger partial charge in [-0.15, -0.1) is 0 Å². The highest BCUT2D eigenvalue weighted by atomic mass is 16.1. The Balaban J connectivity index is 2.21. The summed E-state index contributed by atoms with van der Waals surface area (Å²) in [5.41, 5.74) is 8.35. The molecule has 0 aliphatic heterocycles. The average Bonchev–Trinajstić information content (AvgIpc) is 2.74. The fourth-order valence-corrected chi connectivity index (χ4v) is 2.22. The van der Waals surface area contributed by atoms with Gasteiger partial charge in [0, 0.05) is 17.2 Å². The summed E-state index contributed by atoms with van der Waals surface area (Å²) in [5.74, 6) is 0.520. The van der Waals surface area contributed by atoms with Gasteiger partial charge in [-0.2, -0.15) is 0 Å². The van der Waals surface area contributed by atoms with Gasteiger partial charge in [-0.25, -0.2) is 0 Å². The zero-order valence-electron chi connectivity index (χ0n) is 9.12. The first-order chi connectivity index (χ1) is 7.18. The molecular formula is C13H17NO. The number of aryl methyl sites for hydroxylation is 1. The summed E-state index contributed by atoms with van der Waals surface area (Å²) >= 11 is 0. The normalized spacial score (nSPS) is 16.9. The smallest absolute Gasteiger partial charge is 0.166 e. The molecule has 0 heterocycles. The topological polar surface area (TPSA) is 43.1 Å². The molecule has 0 aromatic heterocycles. The molecule has 0 bridgehead atoms. The second kappa shape index (κ2) is 4.05. The van der Waals surface area contributed by atoms with Crippen molar-refractivity contribution in [2.24, 2.45) is 5.92 Å². The van der Waals surface area contributed by atoms with Crippen LogP contribution in [0.25, 0.3) is 0 Å². The average molecular weight is 203 g/mol. The van der Waals surface area contributed by atoms with Crippen molar-refractivity contribution < 1.29 is 4.79 Å². The molecule has 2 nitrogen and oxygen atoms in total. The van der Waals surface area contributed by atoms with Crippen LogP contribution < -0.4 is 5.73 Å². The lowest BCUT2D eigenvalue weighted by Crippen LogP contribution is -2.11. The van der Waals surface area contributed by atoms with Crippen molar-refractivity contribution in [2.75, 3.05) is 5.73 Å². The first kappa shape index (κ1) is 10.2. The van der Waals surface area contributed by atoms with Crippen LogP contribution in [-0.2, 0) is 0 Å². The zero-order chi connectivity index (χ0) is 10.8. The van der Waals surface area contributed by atoms with Gasteiger partial charge in [0.1, 0.15) is 0 Å². The SMILES string of the molecule is Cc1ccc(C(=O)C2CCCC2)cc1N. The van der Waals surface area contributed by atoms with Gasteiger partial charge >= 0.3 is 0 Å². The zero-order valence-corrected chi connectivity index (χ0v) is 9.12. The number of benzene rings is 1. The fourth-order valence-electron chi connectivity index (χ4n) is 2.22. The van der Waals surface area contributed by atoms with Gasteiger partial charge in [0.15, 0.2) is 5.78 Å². The van der Waals surface area contributed by atoms with Crippen LogP contribution in [-0.4, -0.2) is 5.78 Å². The lowest BCUT2D eigenvalue weighted by Gasteiger charge is -2.09. The van der Waals surface area contributed by atoms with E-state index < -0.39 is 0 Å². The number of hydrogen-bond donors (Lipinski definition) is 1. The molecule has 1 aromatic rings. The van der Waals surface area contributed by atoms with E-state index in [1.165, 1.54) is 12.8 Å². The van der Waals surface area contributed by atoms with E-state index in [1.54, 1.807) is 0 Å². The molecule has 2 heteroatoms. The van der Waals surface area contributed by atoms with E-state index in [2.05, 4.69) is 0 Å². The van der Waals surface area contributed by atoms with Crippen molar-refractivity contribution in [3.63, 3.8) is 0 Å². The molecule has 0 unspecified atom stereocenters. The van der Waals surface area contributed by atoms with Crippen LogP contribution in [0.15, 0.2) is 18.2 Å². The van der Waals surface area contributed by atoms with Gasteiger partial charge in [-0.1, -0.05) is 25.0 Å². The van der Waals surface area contributed by atoms with Crippen LogP contribution in [0.4, 0.5) is 5.69 Å². The predicted molar refractivity (Wildman–Crippen MR) is 61.9 cm³/mol. The Morgan fingerprint density at radius 1 is 1.33 bits per heavy atom. The molecule has 0 atom stereocenters. The first-order valence-corrected chi connectivity index (χ1v) is 5.59. The molecular weight excluding hydrogens is 186 g/mol. The van der Waals surface area contributed by atoms with Gasteiger partial charge in [0.05, 0.1) is 0 Å². The highest BCUT2D eigenvalue weighted by Crippen LogP contribution is 2.28. The maximum absolute atomic E-state index is 12.1. The fraction of sp³-hybridized carbons (Fsp3) is 0.462. The molecule has 1 aliphatic carbocycles. The summed E-state index contributed by atoms with van der Waals surface area (Å²) in [4.78, 5) is 12.1. The lowest BCUT2D eigenvalue weighted by atomic mass is 9.95. The van der Waals surface area contributed by atoms with Crippen LogP contribution in [0.1, 0.15) is 41.6 Å². The number of nitrogen functional groups attached to an aromatic ring is 1. The van der Waals surface area contributed by atoms with Crippen molar-refractivity contribution in [1.82, 2.24) is 0 Å². The Labute approximate surface area is 90.5 Å². The molecule has 2 rings (SSSR count). The van der Waals surface area contributed by atoms with Crippen molar-refractivity contribution >= 4 is 11.5 Å². The van der Waals surface area contributed by atoms with E-state index in [1.807, 2.05) is 25.1 Å². The van der Waals surface area contributed by atoms with Crippen LogP contribution in [0.5, 0.6) is 0 Å². The molecule has 1 fully saturated rings. The lowest BCUT2D eigenvalue weighted by molar-refractivity contribution is 0.0923. The van der Waals surface area contributed by atoms with Crippen molar-refractivity contribution in [3.8, 4) is 0 Å². The van der Waals surface area contributed by atoms with Gasteiger partial charge in [-0.3, -0.25) is 4.79 Å². The molecule has 0 amide bonds. The Morgan fingerprint density at radius 2 is 2.00 bits per heavy atom. The maximum atomic E-state index is 12.1. The Bertz CT molecular complexity index is 378. The minimum atomic E-state index is 0.243. The summed E-state index contributed by atoms with van der Waals surface area (Å²) in [6, 6.07) is 5.64. The van der Waals surface area contributed by atoms with Crippen LogP contribution in [0.3, 0.4) is 0 Å². The minimum absolute atomic E-state index is 0.243. The van der Waals surface area contributed by atoms with Crippen LogP contribution in [0, 0.1) is 12.8 Å². The first-order valence-electron chi connectivity index (χ1n) is 5.59. The molecule has 1 saturated carbocycles. The Morgan fingerprint density at radius 3 is 2.60 bits per heavy atom. The summed E-state index contributed by atoms with van der Waals surface area (Å²) < 4.78 is 0. The van der Waals surface area contributed by atoms with E-state index in [4.69, 9.17) is 5.73 Å². The maximum Gasteiger partial charge on any atom is 0.166 e. The van der Waals surface area contributed by atoms with E-state index in [-0.39, 0.29) is 11.7 Å². The molecule has 15 heavy (non-hydrogen) atoms. The largest absolute Gasteiger partial charge is 0.398 e. The Kier molecular flexibility index (Phi) is 2.76. The van der Waals surface area contributed by atoms with E-state index >= 15 is 0 Å².